The van der Waals surface area contributed by atoms with Crippen molar-refractivity contribution in [3.63, 3.8) is 0 Å². The maximum Gasteiger partial charge on any atom is 0.344 e. The average Bonchev–Trinajstić information content (AvgIpc) is 3.92. The van der Waals surface area contributed by atoms with Crippen LogP contribution in [0.15, 0.2) is 48.6 Å². The number of ether oxygens (including phenoxy) is 4. The van der Waals surface area contributed by atoms with Crippen LogP contribution in [0.4, 0.5) is 5.69 Å². The first-order valence-corrected chi connectivity index (χ1v) is 21.1. The van der Waals surface area contributed by atoms with E-state index in [4.69, 9.17) is 23.1 Å². The molecular weight excluding hydrogens is 769 g/mol. The van der Waals surface area contributed by atoms with Crippen molar-refractivity contribution in [3.05, 3.63) is 70.9 Å². The van der Waals surface area contributed by atoms with Crippen LogP contribution in [0.5, 0.6) is 5.75 Å². The molecule has 14 heteroatoms. The molecule has 3 aromatic rings. The van der Waals surface area contributed by atoms with Crippen molar-refractivity contribution in [1.82, 2.24) is 14.8 Å². The molecule has 5 aliphatic heterocycles. The number of amides is 1. The molecule has 10 atom stereocenters. The predicted octanol–water partition coefficient (Wildman–Crippen LogP) is 3.52. The summed E-state index contributed by atoms with van der Waals surface area (Å²) < 4.78 is 48.2. The third-order valence-electron chi connectivity index (χ3n) is 15.4. The van der Waals surface area contributed by atoms with E-state index in [1.165, 1.54) is 18.9 Å². The number of benzene rings is 2. The van der Waals surface area contributed by atoms with Gasteiger partial charge in [0.05, 0.1) is 42.7 Å². The Kier molecular flexibility index (Phi) is 8.73. The minimum atomic E-state index is -3.16. The van der Waals surface area contributed by atoms with Gasteiger partial charge in [-0.25, -0.2) is 4.79 Å². The fourth-order valence-electron chi connectivity index (χ4n) is 13.3. The molecule has 3 N–H and O–H groups in total. The third-order valence-corrected chi connectivity index (χ3v) is 15.4. The Labute approximate surface area is 354 Å². The largest absolute Gasteiger partial charge is 0.496 e. The minimum Gasteiger partial charge on any atom is -0.496 e. The Balaban J connectivity index is 1.40. The van der Waals surface area contributed by atoms with Gasteiger partial charge in [-0.3, -0.25) is 24.2 Å². The van der Waals surface area contributed by atoms with Crippen LogP contribution in [0.1, 0.15) is 79.4 Å². The van der Waals surface area contributed by atoms with E-state index < -0.39 is 70.6 Å². The number of para-hydroxylation sites is 1. The molecule has 2 saturated heterocycles. The second-order valence-electron chi connectivity index (χ2n) is 18.0. The number of nitrogens with zero attached hydrogens (tertiary/aromatic N) is 3. The van der Waals surface area contributed by atoms with Crippen molar-refractivity contribution in [2.75, 3.05) is 58.9 Å². The Hall–Kier alpha value is -4.76. The smallest absolute Gasteiger partial charge is 0.344 e. The molecule has 0 radical (unpaired) electrons. The Bertz CT molecular complexity index is 2420. The molecule has 6 aliphatic rings. The van der Waals surface area contributed by atoms with Crippen LogP contribution in [-0.4, -0.2) is 133 Å². The van der Waals surface area contributed by atoms with E-state index in [9.17, 15) is 24.6 Å². The molecule has 6 heterocycles. The highest BCUT2D eigenvalue weighted by Gasteiger charge is 2.81. The van der Waals surface area contributed by atoms with E-state index in [2.05, 4.69) is 14.8 Å². The quantitative estimate of drug-likeness (QED) is 0.131. The van der Waals surface area contributed by atoms with Gasteiger partial charge in [-0.1, -0.05) is 44.2 Å². The maximum atomic E-state index is 15.6. The van der Waals surface area contributed by atoms with Crippen LogP contribution < -0.4 is 9.64 Å². The number of hydrogen-bond donors (Lipinski definition) is 3. The van der Waals surface area contributed by atoms with Crippen LogP contribution in [0.2, 0.25) is 0 Å². The molecule has 2 bridgehead atoms. The minimum absolute atomic E-state index is 0.00132. The monoisotopic (exact) mass is 827 g/mol. The lowest BCUT2D eigenvalue weighted by atomic mass is 9.47. The second kappa shape index (κ2) is 14.1. The van der Waals surface area contributed by atoms with Crippen LogP contribution in [0.25, 0.3) is 10.9 Å². The number of hydrogen-bond acceptors (Lipinski definition) is 12. The van der Waals surface area contributed by atoms with E-state index in [-0.39, 0.29) is 23.7 Å². The molecule has 1 spiro atoms. The van der Waals surface area contributed by atoms with Crippen molar-refractivity contribution < 1.29 is 52.5 Å². The summed E-state index contributed by atoms with van der Waals surface area (Å²) in [5.41, 5.74) is -5.05. The molecule has 2 aromatic carbocycles. The van der Waals surface area contributed by atoms with Gasteiger partial charge in [-0.2, -0.15) is 0 Å². The molecule has 1 saturated carbocycles. The maximum absolute atomic E-state index is 15.6. The van der Waals surface area contributed by atoms with E-state index in [0.717, 1.165) is 23.6 Å². The predicted molar refractivity (Wildman–Crippen MR) is 221 cm³/mol. The molecule has 1 aliphatic carbocycles. The normalized spacial score (nSPS) is 37.4. The first-order valence-electron chi connectivity index (χ1n) is 22.6. The molecule has 60 heavy (non-hydrogen) atoms. The first-order chi connectivity index (χ1) is 29.9. The summed E-state index contributed by atoms with van der Waals surface area (Å²) >= 11 is 0. The van der Waals surface area contributed by atoms with E-state index in [0.29, 0.717) is 88.2 Å². The van der Waals surface area contributed by atoms with E-state index in [1.54, 1.807) is 12.1 Å². The van der Waals surface area contributed by atoms with Crippen molar-refractivity contribution >= 4 is 40.9 Å². The molecule has 3 fully saturated rings. The summed E-state index contributed by atoms with van der Waals surface area (Å²) in [6.45, 7) is 7.50. The number of aromatic amines is 1. The fourth-order valence-corrected chi connectivity index (χ4v) is 13.3. The summed E-state index contributed by atoms with van der Waals surface area (Å²) in [6.07, 6.45) is 4.77. The molecule has 14 nitrogen and oxygen atoms in total. The highest BCUT2D eigenvalue weighted by atomic mass is 16.6. The SMILES string of the molecule is [2H]C([2H])([2H])OC(=O)[C@]1(c2cc3c(cc2OC)N(C=O)[C@H]2[C@@](O)(C(=O)OC)[C@@H](OC(C)=O)[C@]4(CC)C=CCN5CC[C@]32[C@@H]54)C[C@@H]2CN(CCc3c1[nH]c1ccccc31)C[C@](O)(CC)C2. The first kappa shape index (κ1) is 37.0. The Morgan fingerprint density at radius 1 is 1.02 bits per heavy atom. The molecule has 320 valence electrons. The van der Waals surface area contributed by atoms with Crippen LogP contribution in [0, 0.1) is 11.3 Å². The standard InChI is InChI=1S/C46H56N4O10/c1-7-42(55)22-28-23-45(40(53)58-5,36-30(14-18-48(24-28)25-42)29-12-9-10-13-33(29)47-36)32-20-31-34(21-35(32)57-4)50(26-51)38-44(31)16-19-49-17-11-15-43(8-2,37(44)49)39(60-27(3)52)46(38,56)41(54)59-6/h9-13,15,20-21,26,28,37-39,47,55-56H,7-8,14,16-19,22-25H2,1-6H3/t28-,37+,38-,39+,42+,43-,44-,45+,46+/m1/s1/i5D3. The lowest BCUT2D eigenvalue weighted by Gasteiger charge is -2.63. The van der Waals surface area contributed by atoms with Gasteiger partial charge >= 0.3 is 17.9 Å². The zero-order valence-corrected chi connectivity index (χ0v) is 34.8. The number of methoxy groups -OCH3 is 3. The summed E-state index contributed by atoms with van der Waals surface area (Å²) in [5, 5.41) is 26.2. The van der Waals surface area contributed by atoms with Crippen molar-refractivity contribution in [3.8, 4) is 5.75 Å². The van der Waals surface area contributed by atoms with Crippen molar-refractivity contribution in [1.29, 1.82) is 0 Å². The molecule has 1 unspecified atom stereocenters. The second-order valence-corrected chi connectivity index (χ2v) is 18.0. The highest BCUT2D eigenvalue weighted by Crippen LogP contribution is 2.68. The van der Waals surface area contributed by atoms with Gasteiger partial charge in [0.25, 0.3) is 0 Å². The van der Waals surface area contributed by atoms with Crippen LogP contribution >= 0.6 is 0 Å². The van der Waals surface area contributed by atoms with Gasteiger partial charge in [0.2, 0.25) is 12.0 Å². The zero-order valence-electron chi connectivity index (χ0n) is 37.8. The molecule has 1 amide bonds. The van der Waals surface area contributed by atoms with Crippen LogP contribution in [0.3, 0.4) is 0 Å². The van der Waals surface area contributed by atoms with E-state index >= 15 is 4.79 Å². The zero-order chi connectivity index (χ0) is 45.1. The summed E-state index contributed by atoms with van der Waals surface area (Å²) in [7, 11) is -0.603. The number of carbonyl (C=O) groups is 4. The number of H-pyrrole nitrogens is 1. The number of carbonyl (C=O) groups excluding carboxylic acids is 4. The Morgan fingerprint density at radius 3 is 2.52 bits per heavy atom. The molecule has 9 rings (SSSR count). The number of esters is 3. The number of nitrogens with one attached hydrogen (secondary N) is 1. The van der Waals surface area contributed by atoms with Crippen molar-refractivity contribution in [2.45, 2.75) is 99.5 Å². The number of anilines is 1. The number of rotatable bonds is 8. The topological polar surface area (TPSA) is 171 Å². The summed E-state index contributed by atoms with van der Waals surface area (Å²) in [6, 6.07) is 9.12. The average molecular weight is 828 g/mol. The van der Waals surface area contributed by atoms with Gasteiger partial charge in [-0.05, 0) is 74.2 Å². The lowest BCUT2D eigenvalue weighted by Crippen LogP contribution is -2.81. The van der Waals surface area contributed by atoms with Gasteiger partial charge < -0.3 is 39.0 Å². The Morgan fingerprint density at radius 2 is 1.82 bits per heavy atom. The number of piperidine rings is 1. The number of fused-ring (bicyclic) bond motifs is 6. The number of aromatic nitrogens is 1. The summed E-state index contributed by atoms with van der Waals surface area (Å²) in [5.74, 6) is -3.10. The third kappa shape index (κ3) is 5.19. The van der Waals surface area contributed by atoms with Gasteiger partial charge in [0.15, 0.2) is 6.10 Å². The molecule has 1 aromatic heterocycles. The summed E-state index contributed by atoms with van der Waals surface area (Å²) in [4.78, 5) is 66.2. The van der Waals surface area contributed by atoms with Crippen LogP contribution in [-0.2, 0) is 50.6 Å². The van der Waals surface area contributed by atoms with E-state index in [1.807, 2.05) is 50.3 Å². The van der Waals surface area contributed by atoms with Gasteiger partial charge in [-0.15, -0.1) is 0 Å². The molecular formula is C46H56N4O10. The highest BCUT2D eigenvalue weighted by molar-refractivity contribution is 5.96. The fraction of sp³-hybridized carbons (Fsp3) is 0.565. The number of aliphatic hydroxyl groups is 2. The van der Waals surface area contributed by atoms with Gasteiger partial charge in [0, 0.05) is 78.2 Å². The lowest BCUT2D eigenvalue weighted by molar-refractivity contribution is -0.228. The van der Waals surface area contributed by atoms with Crippen molar-refractivity contribution in [2.24, 2.45) is 11.3 Å². The van der Waals surface area contributed by atoms with Gasteiger partial charge in [0.1, 0.15) is 11.2 Å².